The first-order valence-corrected chi connectivity index (χ1v) is 9.35. The maximum absolute atomic E-state index is 13.7. The van der Waals surface area contributed by atoms with E-state index in [1.165, 1.54) is 6.07 Å². The second-order valence-electron chi connectivity index (χ2n) is 6.68. The Kier molecular flexibility index (Phi) is 6.96. The quantitative estimate of drug-likeness (QED) is 0.816. The van der Waals surface area contributed by atoms with Crippen LogP contribution >= 0.6 is 0 Å². The van der Waals surface area contributed by atoms with Gasteiger partial charge in [0.25, 0.3) is 0 Å². The molecule has 1 N–H and O–H groups in total. The Balaban J connectivity index is 1.68. The van der Waals surface area contributed by atoms with Crippen molar-refractivity contribution in [3.05, 3.63) is 35.6 Å². The molecule has 6 nitrogen and oxygen atoms in total. The molecule has 2 aliphatic heterocycles. The van der Waals surface area contributed by atoms with Gasteiger partial charge in [-0.3, -0.25) is 14.6 Å². The number of likely N-dealkylation sites (N-methyl/N-ethyl adjacent to an activating group) is 1. The van der Waals surface area contributed by atoms with E-state index in [1.807, 2.05) is 6.07 Å². The van der Waals surface area contributed by atoms with Crippen molar-refractivity contribution in [2.75, 3.05) is 59.2 Å². The minimum Gasteiger partial charge on any atom is -0.379 e. The lowest BCUT2D eigenvalue weighted by molar-refractivity contribution is -0.132. The van der Waals surface area contributed by atoms with Gasteiger partial charge in [0.2, 0.25) is 5.91 Å². The van der Waals surface area contributed by atoms with Crippen LogP contribution in [0.4, 0.5) is 4.39 Å². The topological polar surface area (TPSA) is 54.0 Å². The van der Waals surface area contributed by atoms with Gasteiger partial charge in [-0.25, -0.2) is 4.39 Å². The molecule has 2 atom stereocenters. The first-order chi connectivity index (χ1) is 12.7. The largest absolute Gasteiger partial charge is 0.379 e. The summed E-state index contributed by atoms with van der Waals surface area (Å²) in [6, 6.07) is 6.29. The van der Waals surface area contributed by atoms with E-state index in [4.69, 9.17) is 9.47 Å². The Morgan fingerprint density at radius 1 is 1.27 bits per heavy atom. The zero-order chi connectivity index (χ0) is 18.4. The SMILES string of the molecule is CCN1CCOCC1C(=O)NCC(c1cccc(F)c1)N1CCOCC1. The molecule has 1 amide bonds. The maximum atomic E-state index is 13.7. The molecule has 2 fully saturated rings. The Hall–Kier alpha value is -1.54. The van der Waals surface area contributed by atoms with Gasteiger partial charge >= 0.3 is 0 Å². The number of morpholine rings is 2. The zero-order valence-corrected chi connectivity index (χ0v) is 15.3. The van der Waals surface area contributed by atoms with Crippen molar-refractivity contribution < 1.29 is 18.7 Å². The van der Waals surface area contributed by atoms with E-state index >= 15 is 0 Å². The molecule has 0 saturated carbocycles. The van der Waals surface area contributed by atoms with Crippen molar-refractivity contribution in [1.82, 2.24) is 15.1 Å². The highest BCUT2D eigenvalue weighted by Gasteiger charge is 2.30. The predicted octanol–water partition coefficient (Wildman–Crippen LogP) is 1.04. The zero-order valence-electron chi connectivity index (χ0n) is 15.3. The van der Waals surface area contributed by atoms with Gasteiger partial charge in [-0.05, 0) is 24.2 Å². The number of nitrogens with zero attached hydrogens (tertiary/aromatic N) is 2. The summed E-state index contributed by atoms with van der Waals surface area (Å²) in [6.07, 6.45) is 0. The summed E-state index contributed by atoms with van der Waals surface area (Å²) in [5, 5.41) is 3.07. The van der Waals surface area contributed by atoms with E-state index in [9.17, 15) is 9.18 Å². The molecule has 2 heterocycles. The van der Waals surface area contributed by atoms with Crippen molar-refractivity contribution in [2.24, 2.45) is 0 Å². The minimum absolute atomic E-state index is 0.0267. The molecule has 0 aliphatic carbocycles. The predicted molar refractivity (Wildman–Crippen MR) is 96.4 cm³/mol. The van der Waals surface area contributed by atoms with E-state index in [-0.39, 0.29) is 23.8 Å². The standard InChI is InChI=1S/C19H28FN3O3/c1-2-22-6-11-26-14-18(22)19(24)21-13-17(23-7-9-25-10-8-23)15-4-3-5-16(20)12-15/h3-5,12,17-18H,2,6-11,13-14H2,1H3,(H,21,24). The summed E-state index contributed by atoms with van der Waals surface area (Å²) in [6.45, 7) is 8.00. The molecule has 1 aromatic carbocycles. The molecule has 0 aromatic heterocycles. The number of nitrogens with one attached hydrogen (secondary N) is 1. The van der Waals surface area contributed by atoms with Gasteiger partial charge in [-0.1, -0.05) is 19.1 Å². The Labute approximate surface area is 154 Å². The third-order valence-electron chi connectivity index (χ3n) is 5.14. The highest BCUT2D eigenvalue weighted by atomic mass is 19.1. The van der Waals surface area contributed by atoms with Crippen molar-refractivity contribution >= 4 is 5.91 Å². The summed E-state index contributed by atoms with van der Waals surface area (Å²) in [7, 11) is 0. The van der Waals surface area contributed by atoms with Crippen LogP contribution in [0, 0.1) is 5.82 Å². The lowest BCUT2D eigenvalue weighted by Gasteiger charge is -2.36. The average Bonchev–Trinajstić information content (AvgIpc) is 2.69. The van der Waals surface area contributed by atoms with Crippen molar-refractivity contribution in [3.63, 3.8) is 0 Å². The van der Waals surface area contributed by atoms with Crippen molar-refractivity contribution in [3.8, 4) is 0 Å². The van der Waals surface area contributed by atoms with E-state index in [2.05, 4.69) is 22.0 Å². The number of rotatable bonds is 6. The van der Waals surface area contributed by atoms with Crippen molar-refractivity contribution in [2.45, 2.75) is 19.0 Å². The van der Waals surface area contributed by atoms with E-state index in [0.717, 1.165) is 31.7 Å². The molecule has 2 aliphatic rings. The van der Waals surface area contributed by atoms with Gasteiger partial charge in [0.05, 0.1) is 32.5 Å². The summed E-state index contributed by atoms with van der Waals surface area (Å²) < 4.78 is 24.6. The summed E-state index contributed by atoms with van der Waals surface area (Å²) >= 11 is 0. The second-order valence-corrected chi connectivity index (χ2v) is 6.68. The number of carbonyl (C=O) groups is 1. The number of hydrogen-bond donors (Lipinski definition) is 1. The summed E-state index contributed by atoms with van der Waals surface area (Å²) in [5.74, 6) is -0.286. The van der Waals surface area contributed by atoms with Crippen LogP contribution in [0.3, 0.4) is 0 Å². The molecule has 1 aromatic rings. The summed E-state index contributed by atoms with van der Waals surface area (Å²) in [4.78, 5) is 17.1. The minimum atomic E-state index is -0.259. The Morgan fingerprint density at radius 3 is 2.77 bits per heavy atom. The third kappa shape index (κ3) is 4.79. The van der Waals surface area contributed by atoms with Crippen LogP contribution in [0.5, 0.6) is 0 Å². The van der Waals surface area contributed by atoms with Crippen molar-refractivity contribution in [1.29, 1.82) is 0 Å². The first-order valence-electron chi connectivity index (χ1n) is 9.35. The van der Waals surface area contributed by atoms with Crippen LogP contribution in [0.25, 0.3) is 0 Å². The molecule has 3 rings (SSSR count). The molecular formula is C19H28FN3O3. The monoisotopic (exact) mass is 365 g/mol. The number of ether oxygens (including phenoxy) is 2. The fourth-order valence-corrected chi connectivity index (χ4v) is 3.63. The number of hydrogen-bond acceptors (Lipinski definition) is 5. The van der Waals surface area contributed by atoms with Crippen LogP contribution in [-0.2, 0) is 14.3 Å². The van der Waals surface area contributed by atoms with Gasteiger partial charge in [0, 0.05) is 26.2 Å². The van der Waals surface area contributed by atoms with Crippen LogP contribution in [0.2, 0.25) is 0 Å². The average molecular weight is 365 g/mol. The van der Waals surface area contributed by atoms with Crippen LogP contribution < -0.4 is 5.32 Å². The number of benzene rings is 1. The highest BCUT2D eigenvalue weighted by molar-refractivity contribution is 5.82. The maximum Gasteiger partial charge on any atom is 0.239 e. The van der Waals surface area contributed by atoms with E-state index in [1.54, 1.807) is 12.1 Å². The number of carbonyl (C=O) groups excluding carboxylic acids is 1. The van der Waals surface area contributed by atoms with E-state index in [0.29, 0.717) is 33.0 Å². The molecular weight excluding hydrogens is 337 g/mol. The Bertz CT molecular complexity index is 595. The molecule has 2 unspecified atom stereocenters. The lowest BCUT2D eigenvalue weighted by Crippen LogP contribution is -2.54. The Morgan fingerprint density at radius 2 is 2.04 bits per heavy atom. The van der Waals surface area contributed by atoms with Gasteiger partial charge in [0.15, 0.2) is 0 Å². The molecule has 0 radical (unpaired) electrons. The number of amides is 1. The fourth-order valence-electron chi connectivity index (χ4n) is 3.63. The van der Waals surface area contributed by atoms with Gasteiger partial charge < -0.3 is 14.8 Å². The first kappa shape index (κ1) is 19.2. The van der Waals surface area contributed by atoms with Crippen LogP contribution in [0.1, 0.15) is 18.5 Å². The molecule has 26 heavy (non-hydrogen) atoms. The van der Waals surface area contributed by atoms with Gasteiger partial charge in [-0.15, -0.1) is 0 Å². The molecule has 7 heteroatoms. The second kappa shape index (κ2) is 9.41. The number of halogens is 1. The normalized spacial score (nSPS) is 23.5. The molecule has 0 spiro atoms. The molecule has 144 valence electrons. The van der Waals surface area contributed by atoms with Crippen LogP contribution in [0.15, 0.2) is 24.3 Å². The molecule has 0 bridgehead atoms. The fraction of sp³-hybridized carbons (Fsp3) is 0.632. The van der Waals surface area contributed by atoms with Gasteiger partial charge in [-0.2, -0.15) is 0 Å². The third-order valence-corrected chi connectivity index (χ3v) is 5.14. The molecule has 2 saturated heterocycles. The van der Waals surface area contributed by atoms with E-state index < -0.39 is 0 Å². The smallest absolute Gasteiger partial charge is 0.239 e. The lowest BCUT2D eigenvalue weighted by atomic mass is 10.0. The highest BCUT2D eigenvalue weighted by Crippen LogP contribution is 2.22. The van der Waals surface area contributed by atoms with Gasteiger partial charge in [0.1, 0.15) is 11.9 Å². The van der Waals surface area contributed by atoms with Crippen LogP contribution in [-0.4, -0.2) is 80.9 Å². The summed E-state index contributed by atoms with van der Waals surface area (Å²) in [5.41, 5.74) is 0.874.